The Kier molecular flexibility index (Phi) is 8.27. The van der Waals surface area contributed by atoms with Crippen molar-refractivity contribution in [3.8, 4) is 11.5 Å². The van der Waals surface area contributed by atoms with Crippen LogP contribution in [0.5, 0.6) is 11.5 Å². The van der Waals surface area contributed by atoms with E-state index in [0.29, 0.717) is 25.5 Å². The third kappa shape index (κ3) is 6.63. The monoisotopic (exact) mass is 353 g/mol. The first-order valence-corrected chi connectivity index (χ1v) is 9.12. The third-order valence-corrected chi connectivity index (χ3v) is 3.76. The Morgan fingerprint density at radius 3 is 2.58 bits per heavy atom. The predicted octanol–water partition coefficient (Wildman–Crippen LogP) is 4.59. The van der Waals surface area contributed by atoms with Gasteiger partial charge in [-0.25, -0.2) is 0 Å². The number of benzene rings is 2. The van der Waals surface area contributed by atoms with Crippen molar-refractivity contribution in [3.05, 3.63) is 65.7 Å². The second kappa shape index (κ2) is 11.0. The lowest BCUT2D eigenvalue weighted by molar-refractivity contribution is -0.116. The van der Waals surface area contributed by atoms with Crippen LogP contribution >= 0.6 is 0 Å². The number of hydrogen-bond acceptors (Lipinski definition) is 3. The quantitative estimate of drug-likeness (QED) is 0.502. The van der Waals surface area contributed by atoms with E-state index in [2.05, 4.69) is 12.2 Å². The SMILES string of the molecule is CCCCOc1ccc(/C=C/C(=O)NCc2ccccc2)cc1OCC. The molecule has 0 aliphatic heterocycles. The highest BCUT2D eigenvalue weighted by Gasteiger charge is 2.06. The molecular formula is C22H27NO3. The summed E-state index contributed by atoms with van der Waals surface area (Å²) in [6, 6.07) is 15.5. The summed E-state index contributed by atoms with van der Waals surface area (Å²) >= 11 is 0. The molecular weight excluding hydrogens is 326 g/mol. The molecule has 4 heteroatoms. The molecule has 0 spiro atoms. The minimum absolute atomic E-state index is 0.130. The standard InChI is InChI=1S/C22H27NO3/c1-3-5-15-26-20-13-11-18(16-21(20)25-4-2)12-14-22(24)23-17-19-9-7-6-8-10-19/h6-14,16H,3-5,15,17H2,1-2H3,(H,23,24)/b14-12+. The summed E-state index contributed by atoms with van der Waals surface area (Å²) in [6.45, 7) is 5.82. The highest BCUT2D eigenvalue weighted by molar-refractivity contribution is 5.91. The first kappa shape index (κ1) is 19.6. The van der Waals surface area contributed by atoms with E-state index < -0.39 is 0 Å². The van der Waals surface area contributed by atoms with Crippen molar-refractivity contribution in [1.82, 2.24) is 5.32 Å². The van der Waals surface area contributed by atoms with Gasteiger partial charge in [0.25, 0.3) is 0 Å². The number of unbranched alkanes of at least 4 members (excludes halogenated alkanes) is 1. The highest BCUT2D eigenvalue weighted by Crippen LogP contribution is 2.29. The van der Waals surface area contributed by atoms with Crippen LogP contribution in [-0.2, 0) is 11.3 Å². The summed E-state index contributed by atoms with van der Waals surface area (Å²) < 4.78 is 11.4. The van der Waals surface area contributed by atoms with E-state index in [1.165, 1.54) is 6.08 Å². The normalized spacial score (nSPS) is 10.7. The summed E-state index contributed by atoms with van der Waals surface area (Å²) in [7, 11) is 0. The molecule has 4 nitrogen and oxygen atoms in total. The predicted molar refractivity (Wildman–Crippen MR) is 105 cm³/mol. The summed E-state index contributed by atoms with van der Waals surface area (Å²) in [5.74, 6) is 1.32. The zero-order valence-electron chi connectivity index (χ0n) is 15.5. The lowest BCUT2D eigenvalue weighted by Gasteiger charge is -2.12. The molecule has 0 heterocycles. The molecule has 0 radical (unpaired) electrons. The molecule has 0 unspecified atom stereocenters. The number of rotatable bonds is 10. The fraction of sp³-hybridized carbons (Fsp3) is 0.318. The first-order chi connectivity index (χ1) is 12.7. The molecule has 0 saturated heterocycles. The molecule has 2 aromatic rings. The van der Waals surface area contributed by atoms with Gasteiger partial charge >= 0.3 is 0 Å². The van der Waals surface area contributed by atoms with E-state index >= 15 is 0 Å². The van der Waals surface area contributed by atoms with Gasteiger partial charge in [0.15, 0.2) is 11.5 Å². The Morgan fingerprint density at radius 1 is 1.04 bits per heavy atom. The maximum Gasteiger partial charge on any atom is 0.244 e. The van der Waals surface area contributed by atoms with Crippen LogP contribution in [0.25, 0.3) is 6.08 Å². The van der Waals surface area contributed by atoms with E-state index in [1.54, 1.807) is 6.08 Å². The van der Waals surface area contributed by atoms with Gasteiger partial charge in [0.1, 0.15) is 0 Å². The molecule has 0 aromatic heterocycles. The van der Waals surface area contributed by atoms with Gasteiger partial charge in [0, 0.05) is 12.6 Å². The number of hydrogen-bond donors (Lipinski definition) is 1. The summed E-state index contributed by atoms with van der Waals surface area (Å²) in [6.07, 6.45) is 5.40. The van der Waals surface area contributed by atoms with Crippen LogP contribution in [0.1, 0.15) is 37.8 Å². The number of carbonyl (C=O) groups excluding carboxylic acids is 1. The van der Waals surface area contributed by atoms with E-state index in [0.717, 1.165) is 29.7 Å². The Labute approximate surface area is 155 Å². The first-order valence-electron chi connectivity index (χ1n) is 9.12. The van der Waals surface area contributed by atoms with Gasteiger partial charge in [-0.3, -0.25) is 4.79 Å². The maximum absolute atomic E-state index is 12.0. The average molecular weight is 353 g/mol. The van der Waals surface area contributed by atoms with Crippen LogP contribution in [0.2, 0.25) is 0 Å². The lowest BCUT2D eigenvalue weighted by atomic mass is 10.2. The van der Waals surface area contributed by atoms with Gasteiger partial charge in [-0.2, -0.15) is 0 Å². The largest absolute Gasteiger partial charge is 0.490 e. The Balaban J connectivity index is 1.95. The topological polar surface area (TPSA) is 47.6 Å². The molecule has 0 saturated carbocycles. The second-order valence-electron chi connectivity index (χ2n) is 5.88. The number of nitrogens with one attached hydrogen (secondary N) is 1. The molecule has 138 valence electrons. The molecule has 1 amide bonds. The minimum Gasteiger partial charge on any atom is -0.490 e. The lowest BCUT2D eigenvalue weighted by Crippen LogP contribution is -2.20. The summed E-state index contributed by atoms with van der Waals surface area (Å²) in [5, 5.41) is 2.87. The molecule has 0 bridgehead atoms. The molecule has 0 atom stereocenters. The molecule has 2 aromatic carbocycles. The van der Waals surface area contributed by atoms with Gasteiger partial charge < -0.3 is 14.8 Å². The fourth-order valence-electron chi connectivity index (χ4n) is 2.36. The second-order valence-corrected chi connectivity index (χ2v) is 5.88. The Morgan fingerprint density at radius 2 is 1.85 bits per heavy atom. The van der Waals surface area contributed by atoms with Crippen LogP contribution in [0.15, 0.2) is 54.6 Å². The van der Waals surface area contributed by atoms with Crippen molar-refractivity contribution in [1.29, 1.82) is 0 Å². The molecule has 1 N–H and O–H groups in total. The maximum atomic E-state index is 12.0. The molecule has 0 fully saturated rings. The molecule has 0 aliphatic rings. The summed E-state index contributed by atoms with van der Waals surface area (Å²) in [4.78, 5) is 12.0. The van der Waals surface area contributed by atoms with Crippen LogP contribution < -0.4 is 14.8 Å². The van der Waals surface area contributed by atoms with Gasteiger partial charge in [-0.05, 0) is 42.7 Å². The van der Waals surface area contributed by atoms with Crippen LogP contribution in [0.4, 0.5) is 0 Å². The molecule has 0 aliphatic carbocycles. The van der Waals surface area contributed by atoms with E-state index in [9.17, 15) is 4.79 Å². The van der Waals surface area contributed by atoms with Crippen LogP contribution in [-0.4, -0.2) is 19.1 Å². The van der Waals surface area contributed by atoms with Crippen molar-refractivity contribution in [2.45, 2.75) is 33.2 Å². The average Bonchev–Trinajstić information content (AvgIpc) is 2.67. The van der Waals surface area contributed by atoms with Crippen LogP contribution in [0.3, 0.4) is 0 Å². The Hall–Kier alpha value is -2.75. The zero-order valence-corrected chi connectivity index (χ0v) is 15.5. The van der Waals surface area contributed by atoms with Crippen molar-refractivity contribution in [3.63, 3.8) is 0 Å². The molecule has 2 rings (SSSR count). The van der Waals surface area contributed by atoms with Gasteiger partial charge in [-0.1, -0.05) is 49.7 Å². The Bertz CT molecular complexity index is 711. The van der Waals surface area contributed by atoms with Gasteiger partial charge in [0.05, 0.1) is 13.2 Å². The number of carbonyl (C=O) groups is 1. The highest BCUT2D eigenvalue weighted by atomic mass is 16.5. The minimum atomic E-state index is -0.130. The van der Waals surface area contributed by atoms with Crippen LogP contribution in [0, 0.1) is 0 Å². The van der Waals surface area contributed by atoms with Crippen molar-refractivity contribution in [2.75, 3.05) is 13.2 Å². The van der Waals surface area contributed by atoms with E-state index in [4.69, 9.17) is 9.47 Å². The smallest absolute Gasteiger partial charge is 0.244 e. The summed E-state index contributed by atoms with van der Waals surface area (Å²) in [5.41, 5.74) is 1.97. The molecule has 26 heavy (non-hydrogen) atoms. The van der Waals surface area contributed by atoms with Crippen molar-refractivity contribution < 1.29 is 14.3 Å². The van der Waals surface area contributed by atoms with E-state index in [1.807, 2.05) is 55.5 Å². The van der Waals surface area contributed by atoms with Gasteiger partial charge in [0.2, 0.25) is 5.91 Å². The van der Waals surface area contributed by atoms with Crippen molar-refractivity contribution in [2.24, 2.45) is 0 Å². The number of ether oxygens (including phenoxy) is 2. The van der Waals surface area contributed by atoms with Crippen molar-refractivity contribution >= 4 is 12.0 Å². The number of amides is 1. The van der Waals surface area contributed by atoms with E-state index in [-0.39, 0.29) is 5.91 Å². The third-order valence-electron chi connectivity index (χ3n) is 3.76. The van der Waals surface area contributed by atoms with Gasteiger partial charge in [-0.15, -0.1) is 0 Å². The zero-order chi connectivity index (χ0) is 18.6. The fourth-order valence-corrected chi connectivity index (χ4v) is 2.36.